The van der Waals surface area contributed by atoms with Gasteiger partial charge in [-0.2, -0.15) is 0 Å². The fourth-order valence-electron chi connectivity index (χ4n) is 2.48. The Morgan fingerprint density at radius 1 is 1.36 bits per heavy atom. The molecule has 4 unspecified atom stereocenters. The zero-order valence-electron chi connectivity index (χ0n) is 8.09. The van der Waals surface area contributed by atoms with Crippen LogP contribution in [0.1, 0.15) is 40.5 Å². The van der Waals surface area contributed by atoms with Crippen molar-refractivity contribution >= 4 is 0 Å². The van der Waals surface area contributed by atoms with Crippen molar-refractivity contribution in [2.24, 2.45) is 17.8 Å². The van der Waals surface area contributed by atoms with Crippen LogP contribution < -0.4 is 0 Å². The van der Waals surface area contributed by atoms with Gasteiger partial charge in [0.2, 0.25) is 0 Å². The maximum absolute atomic E-state index is 9.52. The van der Waals surface area contributed by atoms with Gasteiger partial charge in [-0.25, -0.2) is 0 Å². The zero-order valence-corrected chi connectivity index (χ0v) is 8.09. The largest absolute Gasteiger partial charge is 0.390 e. The third-order valence-corrected chi connectivity index (χ3v) is 3.32. The van der Waals surface area contributed by atoms with E-state index in [0.717, 1.165) is 18.3 Å². The molecule has 0 aromatic carbocycles. The lowest BCUT2D eigenvalue weighted by molar-refractivity contribution is -0.202. The molecule has 2 aliphatic carbocycles. The summed E-state index contributed by atoms with van der Waals surface area (Å²) in [7, 11) is 0. The van der Waals surface area contributed by atoms with Crippen LogP contribution in [0, 0.1) is 17.8 Å². The van der Waals surface area contributed by atoms with Gasteiger partial charge in [-0.1, -0.05) is 20.8 Å². The van der Waals surface area contributed by atoms with Gasteiger partial charge in [0.1, 0.15) is 0 Å². The summed E-state index contributed by atoms with van der Waals surface area (Å²) in [5, 5.41) is 9.52. The van der Waals surface area contributed by atoms with Crippen LogP contribution in [0.3, 0.4) is 0 Å². The third-order valence-electron chi connectivity index (χ3n) is 3.32. The quantitative estimate of drug-likeness (QED) is 0.571. The standard InChI is InChI=1S/C8H14O.C2H6/c1-5-3-7-6(5)4-8(7,2)9;1-2/h5-7,9H,3-4H2,1-2H3;1-2H3. The van der Waals surface area contributed by atoms with Crippen LogP contribution in [0.2, 0.25) is 0 Å². The Balaban J connectivity index is 0.000000281. The molecule has 2 saturated carbocycles. The Labute approximate surface area is 69.8 Å². The van der Waals surface area contributed by atoms with Crippen molar-refractivity contribution in [3.63, 3.8) is 0 Å². The van der Waals surface area contributed by atoms with Gasteiger partial charge in [0.05, 0.1) is 5.60 Å². The van der Waals surface area contributed by atoms with Gasteiger partial charge in [0.15, 0.2) is 0 Å². The summed E-state index contributed by atoms with van der Waals surface area (Å²) < 4.78 is 0. The van der Waals surface area contributed by atoms with Crippen LogP contribution in [0.25, 0.3) is 0 Å². The van der Waals surface area contributed by atoms with Crippen LogP contribution in [0.5, 0.6) is 0 Å². The summed E-state index contributed by atoms with van der Waals surface area (Å²) in [6.45, 7) is 8.26. The number of aliphatic hydroxyl groups is 1. The van der Waals surface area contributed by atoms with Crippen LogP contribution in [-0.2, 0) is 0 Å². The SMILES string of the molecule is CC.CC1CC2C1CC2(C)O. The van der Waals surface area contributed by atoms with Crippen molar-refractivity contribution in [3.05, 3.63) is 0 Å². The van der Waals surface area contributed by atoms with E-state index >= 15 is 0 Å². The molecule has 4 atom stereocenters. The van der Waals surface area contributed by atoms with Gasteiger partial charge >= 0.3 is 0 Å². The number of hydrogen-bond acceptors (Lipinski definition) is 1. The third kappa shape index (κ3) is 1.20. The average Bonchev–Trinajstić information content (AvgIpc) is 2.00. The van der Waals surface area contributed by atoms with Crippen molar-refractivity contribution in [1.82, 2.24) is 0 Å². The molecule has 1 heteroatoms. The molecule has 0 aliphatic heterocycles. The van der Waals surface area contributed by atoms with E-state index in [0.29, 0.717) is 5.92 Å². The van der Waals surface area contributed by atoms with E-state index in [-0.39, 0.29) is 5.60 Å². The summed E-state index contributed by atoms with van der Waals surface area (Å²) >= 11 is 0. The number of fused-ring (bicyclic) bond motifs is 1. The van der Waals surface area contributed by atoms with Gasteiger partial charge in [-0.3, -0.25) is 0 Å². The van der Waals surface area contributed by atoms with E-state index in [1.54, 1.807) is 0 Å². The van der Waals surface area contributed by atoms with Gasteiger partial charge in [0, 0.05) is 0 Å². The minimum absolute atomic E-state index is 0.281. The first kappa shape index (κ1) is 9.05. The molecular formula is C10H20O. The lowest BCUT2D eigenvalue weighted by atomic mass is 9.47. The van der Waals surface area contributed by atoms with Gasteiger partial charge < -0.3 is 5.11 Å². The van der Waals surface area contributed by atoms with Crippen LogP contribution in [-0.4, -0.2) is 10.7 Å². The topological polar surface area (TPSA) is 20.2 Å². The Bertz CT molecular complexity index is 140. The fourth-order valence-corrected chi connectivity index (χ4v) is 2.48. The maximum atomic E-state index is 9.52. The molecule has 0 aromatic heterocycles. The van der Waals surface area contributed by atoms with E-state index in [1.807, 2.05) is 20.8 Å². The molecule has 11 heavy (non-hydrogen) atoms. The predicted molar refractivity (Wildman–Crippen MR) is 47.3 cm³/mol. The fraction of sp³-hybridized carbons (Fsp3) is 1.00. The van der Waals surface area contributed by atoms with E-state index < -0.39 is 0 Å². The lowest BCUT2D eigenvalue weighted by Gasteiger charge is -2.61. The van der Waals surface area contributed by atoms with E-state index in [4.69, 9.17) is 0 Å². The molecule has 0 aromatic rings. The Morgan fingerprint density at radius 2 is 1.91 bits per heavy atom. The molecule has 0 heterocycles. The molecule has 66 valence electrons. The van der Waals surface area contributed by atoms with Crippen molar-refractivity contribution in [3.8, 4) is 0 Å². The smallest absolute Gasteiger partial charge is 0.0653 e. The summed E-state index contributed by atoms with van der Waals surface area (Å²) in [5.74, 6) is 2.43. The van der Waals surface area contributed by atoms with Gasteiger partial charge in [-0.15, -0.1) is 0 Å². The second-order valence-electron chi connectivity index (χ2n) is 4.04. The summed E-state index contributed by atoms with van der Waals surface area (Å²) in [5.41, 5.74) is -0.281. The monoisotopic (exact) mass is 156 g/mol. The first-order chi connectivity index (χ1) is 5.11. The van der Waals surface area contributed by atoms with Gasteiger partial charge in [-0.05, 0) is 37.5 Å². The minimum Gasteiger partial charge on any atom is -0.390 e. The van der Waals surface area contributed by atoms with Crippen molar-refractivity contribution < 1.29 is 5.11 Å². The summed E-state index contributed by atoms with van der Waals surface area (Å²) in [6.07, 6.45) is 2.32. The highest BCUT2D eigenvalue weighted by Crippen LogP contribution is 2.59. The molecular weight excluding hydrogens is 136 g/mol. The molecule has 0 saturated heterocycles. The minimum atomic E-state index is -0.281. The van der Waals surface area contributed by atoms with Crippen LogP contribution in [0.4, 0.5) is 0 Å². The first-order valence-electron chi connectivity index (χ1n) is 4.83. The second kappa shape index (κ2) is 2.78. The Kier molecular flexibility index (Phi) is 2.29. The molecule has 1 N–H and O–H groups in total. The first-order valence-corrected chi connectivity index (χ1v) is 4.83. The lowest BCUT2D eigenvalue weighted by Crippen LogP contribution is -2.61. The van der Waals surface area contributed by atoms with E-state index in [1.165, 1.54) is 6.42 Å². The van der Waals surface area contributed by atoms with Crippen molar-refractivity contribution in [1.29, 1.82) is 0 Å². The molecule has 2 fully saturated rings. The molecule has 1 nitrogen and oxygen atoms in total. The van der Waals surface area contributed by atoms with Crippen LogP contribution >= 0.6 is 0 Å². The molecule has 0 radical (unpaired) electrons. The van der Waals surface area contributed by atoms with E-state index in [9.17, 15) is 5.11 Å². The number of rotatable bonds is 0. The predicted octanol–water partition coefficient (Wildman–Crippen LogP) is 2.44. The van der Waals surface area contributed by atoms with Crippen LogP contribution in [0.15, 0.2) is 0 Å². The van der Waals surface area contributed by atoms with Crippen molar-refractivity contribution in [2.45, 2.75) is 46.1 Å². The Morgan fingerprint density at radius 3 is 2.00 bits per heavy atom. The van der Waals surface area contributed by atoms with Crippen molar-refractivity contribution in [2.75, 3.05) is 0 Å². The molecule has 0 amide bonds. The summed E-state index contributed by atoms with van der Waals surface area (Å²) in [4.78, 5) is 0. The molecule has 0 bridgehead atoms. The van der Waals surface area contributed by atoms with E-state index in [2.05, 4.69) is 6.92 Å². The maximum Gasteiger partial charge on any atom is 0.0653 e. The highest BCUT2D eigenvalue weighted by Gasteiger charge is 2.57. The van der Waals surface area contributed by atoms with Gasteiger partial charge in [0.25, 0.3) is 0 Å². The Hall–Kier alpha value is -0.0400. The molecule has 2 aliphatic rings. The normalized spacial score (nSPS) is 52.6. The zero-order chi connectivity index (χ0) is 8.65. The highest BCUT2D eigenvalue weighted by atomic mass is 16.3. The second-order valence-corrected chi connectivity index (χ2v) is 4.04. The number of hydrogen-bond donors (Lipinski definition) is 1. The summed E-state index contributed by atoms with van der Waals surface area (Å²) in [6, 6.07) is 0. The average molecular weight is 156 g/mol. The highest BCUT2D eigenvalue weighted by molar-refractivity contribution is 5.08. The molecule has 0 spiro atoms. The molecule has 2 rings (SSSR count).